The van der Waals surface area contributed by atoms with Crippen molar-refractivity contribution in [3.8, 4) is 11.3 Å². The molecule has 0 amide bonds. The van der Waals surface area contributed by atoms with E-state index in [2.05, 4.69) is 25.3 Å². The van der Waals surface area contributed by atoms with Crippen molar-refractivity contribution in [1.29, 1.82) is 0 Å². The molecule has 0 saturated heterocycles. The molecule has 0 bridgehead atoms. The van der Waals surface area contributed by atoms with Gasteiger partial charge < -0.3 is 14.5 Å². The van der Waals surface area contributed by atoms with Crippen LogP contribution in [0.1, 0.15) is 18.1 Å². The van der Waals surface area contributed by atoms with Crippen LogP contribution < -0.4 is 5.32 Å². The van der Waals surface area contributed by atoms with E-state index in [1.54, 1.807) is 31.6 Å². The maximum absolute atomic E-state index is 11.6. The van der Waals surface area contributed by atoms with Crippen molar-refractivity contribution in [2.75, 3.05) is 11.9 Å². The first-order valence-electron chi connectivity index (χ1n) is 9.62. The Balaban J connectivity index is 1.49. The van der Waals surface area contributed by atoms with Crippen molar-refractivity contribution in [3.63, 3.8) is 0 Å². The highest BCUT2D eigenvalue weighted by atomic mass is 35.5. The molecule has 9 heteroatoms. The zero-order chi connectivity index (χ0) is 21.6. The van der Waals surface area contributed by atoms with Crippen LogP contribution in [0.15, 0.2) is 61.3 Å². The van der Waals surface area contributed by atoms with Crippen LogP contribution in [0.5, 0.6) is 0 Å². The third-order valence-corrected chi connectivity index (χ3v) is 4.65. The second-order valence-corrected chi connectivity index (χ2v) is 6.85. The van der Waals surface area contributed by atoms with Gasteiger partial charge in [0, 0.05) is 54.7 Å². The van der Waals surface area contributed by atoms with Gasteiger partial charge in [-0.1, -0.05) is 24.3 Å². The molecule has 1 aromatic carbocycles. The lowest BCUT2D eigenvalue weighted by Gasteiger charge is -2.10. The van der Waals surface area contributed by atoms with Gasteiger partial charge in [-0.05, 0) is 30.2 Å². The number of ether oxygens (including phenoxy) is 1. The van der Waals surface area contributed by atoms with Crippen LogP contribution in [0.3, 0.4) is 0 Å². The zero-order valence-electron chi connectivity index (χ0n) is 16.7. The van der Waals surface area contributed by atoms with E-state index in [4.69, 9.17) is 16.3 Å². The fourth-order valence-electron chi connectivity index (χ4n) is 3.01. The van der Waals surface area contributed by atoms with E-state index in [9.17, 15) is 4.79 Å². The molecule has 156 valence electrons. The molecule has 1 N–H and O–H groups in total. The number of hydrogen-bond donors (Lipinski definition) is 1. The van der Waals surface area contributed by atoms with E-state index in [1.807, 2.05) is 41.1 Å². The maximum Gasteiger partial charge on any atom is 0.330 e. The number of benzene rings is 1. The number of imidazole rings is 1. The molecule has 0 aliphatic rings. The van der Waals surface area contributed by atoms with Gasteiger partial charge in [-0.3, -0.25) is 4.98 Å². The molecule has 0 aliphatic carbocycles. The summed E-state index contributed by atoms with van der Waals surface area (Å²) in [7, 11) is 0. The standard InChI is InChI=1S/C22H19ClN6O2/c1-2-31-18(30)8-7-17-14-27-22(23)28-20(17)26-13-15-3-5-16(6-4-15)19-21-25-10-12-29(21)11-9-24-19/h3-12,14H,2,13H2,1H3,(H,26,27,28)/b8-7+. The SMILES string of the molecule is CCOC(=O)/C=C/c1cnc(Cl)nc1NCc1ccc(-c2nccn3ccnc23)cc1. The van der Waals surface area contributed by atoms with Gasteiger partial charge >= 0.3 is 5.97 Å². The van der Waals surface area contributed by atoms with E-state index in [-0.39, 0.29) is 5.28 Å². The summed E-state index contributed by atoms with van der Waals surface area (Å²) in [6.45, 7) is 2.57. The van der Waals surface area contributed by atoms with Crippen LogP contribution >= 0.6 is 11.6 Å². The number of halogens is 1. The summed E-state index contributed by atoms with van der Waals surface area (Å²) in [5.41, 5.74) is 4.27. The molecule has 0 saturated carbocycles. The molecule has 0 unspecified atom stereocenters. The van der Waals surface area contributed by atoms with E-state index in [0.29, 0.717) is 24.5 Å². The summed E-state index contributed by atoms with van der Waals surface area (Å²) in [5.74, 6) is 0.0912. The van der Waals surface area contributed by atoms with E-state index >= 15 is 0 Å². The van der Waals surface area contributed by atoms with Crippen LogP contribution in [0.2, 0.25) is 5.28 Å². The molecule has 3 aromatic heterocycles. The minimum atomic E-state index is -0.430. The van der Waals surface area contributed by atoms with Crippen LogP contribution in [-0.2, 0) is 16.1 Å². The van der Waals surface area contributed by atoms with Crippen LogP contribution in [0.25, 0.3) is 23.0 Å². The molecular weight excluding hydrogens is 416 g/mol. The maximum atomic E-state index is 11.6. The summed E-state index contributed by atoms with van der Waals surface area (Å²) in [5, 5.41) is 3.36. The van der Waals surface area contributed by atoms with E-state index in [0.717, 1.165) is 22.5 Å². The Kier molecular flexibility index (Phi) is 6.18. The number of anilines is 1. The summed E-state index contributed by atoms with van der Waals surface area (Å²) < 4.78 is 6.83. The van der Waals surface area contributed by atoms with Crippen molar-refractivity contribution in [1.82, 2.24) is 24.3 Å². The van der Waals surface area contributed by atoms with Crippen molar-refractivity contribution < 1.29 is 9.53 Å². The number of carbonyl (C=O) groups is 1. The minimum Gasteiger partial charge on any atom is -0.463 e. The second-order valence-electron chi connectivity index (χ2n) is 6.51. The minimum absolute atomic E-state index is 0.116. The van der Waals surface area contributed by atoms with Crippen LogP contribution in [0.4, 0.5) is 5.82 Å². The number of nitrogens with one attached hydrogen (secondary N) is 1. The normalized spacial score (nSPS) is 11.2. The van der Waals surface area contributed by atoms with Gasteiger partial charge in [-0.25, -0.2) is 19.7 Å². The number of hydrogen-bond acceptors (Lipinski definition) is 7. The first-order chi connectivity index (χ1) is 15.1. The average molecular weight is 435 g/mol. The lowest BCUT2D eigenvalue weighted by molar-refractivity contribution is -0.137. The largest absolute Gasteiger partial charge is 0.463 e. The predicted molar refractivity (Wildman–Crippen MR) is 118 cm³/mol. The predicted octanol–water partition coefficient (Wildman–Crippen LogP) is 4.03. The Bertz CT molecular complexity index is 1240. The number of aromatic nitrogens is 5. The molecule has 0 radical (unpaired) electrons. The average Bonchev–Trinajstić information content (AvgIpc) is 3.27. The van der Waals surface area contributed by atoms with E-state index in [1.165, 1.54) is 6.08 Å². The molecule has 8 nitrogen and oxygen atoms in total. The molecule has 31 heavy (non-hydrogen) atoms. The molecule has 0 atom stereocenters. The van der Waals surface area contributed by atoms with Gasteiger partial charge in [-0.2, -0.15) is 0 Å². The van der Waals surface area contributed by atoms with Crippen molar-refractivity contribution in [2.24, 2.45) is 0 Å². The number of rotatable bonds is 7. The van der Waals surface area contributed by atoms with Gasteiger partial charge in [0.05, 0.1) is 6.61 Å². The lowest BCUT2D eigenvalue weighted by Crippen LogP contribution is -2.05. The summed E-state index contributed by atoms with van der Waals surface area (Å²) in [4.78, 5) is 28.6. The number of esters is 1. The Morgan fingerprint density at radius 3 is 2.71 bits per heavy atom. The fraction of sp³-hybridized carbons (Fsp3) is 0.136. The van der Waals surface area contributed by atoms with Crippen LogP contribution in [-0.4, -0.2) is 36.9 Å². The molecule has 3 heterocycles. The van der Waals surface area contributed by atoms with Gasteiger partial charge in [0.15, 0.2) is 5.65 Å². The van der Waals surface area contributed by atoms with Crippen molar-refractivity contribution >= 4 is 35.1 Å². The summed E-state index contributed by atoms with van der Waals surface area (Å²) in [6.07, 6.45) is 11.7. The Morgan fingerprint density at radius 2 is 1.94 bits per heavy atom. The quantitative estimate of drug-likeness (QED) is 0.266. The molecule has 4 aromatic rings. The van der Waals surface area contributed by atoms with Crippen molar-refractivity contribution in [2.45, 2.75) is 13.5 Å². The molecule has 0 aliphatic heterocycles. The molecule has 0 fully saturated rings. The highest BCUT2D eigenvalue weighted by Gasteiger charge is 2.08. The first kappa shape index (κ1) is 20.5. The number of fused-ring (bicyclic) bond motifs is 1. The Morgan fingerprint density at radius 1 is 1.16 bits per heavy atom. The molecular formula is C22H19ClN6O2. The number of nitrogens with zero attached hydrogens (tertiary/aromatic N) is 5. The number of carbonyl (C=O) groups excluding carboxylic acids is 1. The third kappa shape index (κ3) is 4.87. The fourth-order valence-corrected chi connectivity index (χ4v) is 3.14. The first-order valence-corrected chi connectivity index (χ1v) is 10.00. The smallest absolute Gasteiger partial charge is 0.330 e. The highest BCUT2D eigenvalue weighted by Crippen LogP contribution is 2.22. The monoisotopic (exact) mass is 434 g/mol. The Labute approximate surface area is 183 Å². The Hall–Kier alpha value is -3.78. The summed E-state index contributed by atoms with van der Waals surface area (Å²) in [6, 6.07) is 8.02. The summed E-state index contributed by atoms with van der Waals surface area (Å²) >= 11 is 5.95. The highest BCUT2D eigenvalue weighted by molar-refractivity contribution is 6.28. The van der Waals surface area contributed by atoms with Gasteiger partial charge in [-0.15, -0.1) is 0 Å². The third-order valence-electron chi connectivity index (χ3n) is 4.47. The topological polar surface area (TPSA) is 94.3 Å². The zero-order valence-corrected chi connectivity index (χ0v) is 17.5. The molecule has 0 spiro atoms. The lowest BCUT2D eigenvalue weighted by atomic mass is 10.1. The van der Waals surface area contributed by atoms with Gasteiger partial charge in [0.1, 0.15) is 11.5 Å². The molecule has 4 rings (SSSR count). The second kappa shape index (κ2) is 9.36. The van der Waals surface area contributed by atoms with E-state index < -0.39 is 5.97 Å². The van der Waals surface area contributed by atoms with Crippen molar-refractivity contribution in [3.05, 3.63) is 77.7 Å². The van der Waals surface area contributed by atoms with Gasteiger partial charge in [0.2, 0.25) is 5.28 Å². The van der Waals surface area contributed by atoms with Gasteiger partial charge in [0.25, 0.3) is 0 Å². The van der Waals surface area contributed by atoms with Crippen LogP contribution in [0, 0.1) is 0 Å².